The fraction of sp³-hybridized carbons (Fsp3) is 0.240. The number of rotatable bonds is 8. The summed E-state index contributed by atoms with van der Waals surface area (Å²) < 4.78 is 25.9. The molecule has 1 atom stereocenters. The van der Waals surface area contributed by atoms with E-state index in [4.69, 9.17) is 0 Å². The first-order valence-corrected chi connectivity index (χ1v) is 12.1. The van der Waals surface area contributed by atoms with Crippen molar-refractivity contribution in [2.24, 2.45) is 0 Å². The van der Waals surface area contributed by atoms with Crippen LogP contribution in [0.4, 0.5) is 5.69 Å². The number of nitrogens with zero attached hydrogens (tertiary/aromatic N) is 1. The standard InChI is InChI=1S/C25H28N2O3S/c1-4-24(21-14-10-19(2)11-15-21)26-25(28)22-16-12-20(13-17-22)18-27(31(3,29)30)23-8-6-5-7-9-23/h5-17,24H,4,18H2,1-3H3,(H,26,28)/t24-/m0/s1. The second kappa shape index (κ2) is 9.79. The molecule has 3 aromatic rings. The number of hydrogen-bond acceptors (Lipinski definition) is 3. The number of nitrogens with one attached hydrogen (secondary N) is 1. The molecule has 0 spiro atoms. The van der Waals surface area contributed by atoms with Gasteiger partial charge in [-0.15, -0.1) is 0 Å². The van der Waals surface area contributed by atoms with Gasteiger partial charge in [0.2, 0.25) is 10.0 Å². The zero-order valence-corrected chi connectivity index (χ0v) is 18.9. The number of carbonyl (C=O) groups excluding carboxylic acids is 1. The van der Waals surface area contributed by atoms with Crippen molar-refractivity contribution in [2.75, 3.05) is 10.6 Å². The van der Waals surface area contributed by atoms with Crippen LogP contribution in [-0.2, 0) is 16.6 Å². The van der Waals surface area contributed by atoms with Crippen molar-refractivity contribution in [3.63, 3.8) is 0 Å². The second-order valence-corrected chi connectivity index (χ2v) is 9.55. The van der Waals surface area contributed by atoms with Gasteiger partial charge in [-0.25, -0.2) is 8.42 Å². The van der Waals surface area contributed by atoms with Crippen LogP contribution in [0.15, 0.2) is 78.9 Å². The Morgan fingerprint density at radius 2 is 1.55 bits per heavy atom. The van der Waals surface area contributed by atoms with Crippen molar-refractivity contribution in [3.8, 4) is 0 Å². The molecule has 0 saturated heterocycles. The lowest BCUT2D eigenvalue weighted by Gasteiger charge is -2.22. The summed E-state index contributed by atoms with van der Waals surface area (Å²) in [6.07, 6.45) is 1.98. The molecule has 0 heterocycles. The van der Waals surface area contributed by atoms with Crippen LogP contribution in [0.1, 0.15) is 46.4 Å². The predicted molar refractivity (Wildman–Crippen MR) is 126 cm³/mol. The highest BCUT2D eigenvalue weighted by Crippen LogP contribution is 2.21. The number of aryl methyl sites for hydroxylation is 1. The summed E-state index contributed by atoms with van der Waals surface area (Å²) in [5.74, 6) is -0.151. The first kappa shape index (κ1) is 22.6. The predicted octanol–water partition coefficient (Wildman–Crippen LogP) is 4.84. The number of amides is 1. The molecule has 0 aromatic heterocycles. The zero-order chi connectivity index (χ0) is 22.4. The minimum Gasteiger partial charge on any atom is -0.345 e. The molecular weight excluding hydrogens is 408 g/mol. The molecule has 0 aliphatic carbocycles. The Bertz CT molecular complexity index is 1110. The van der Waals surface area contributed by atoms with Crippen molar-refractivity contribution in [3.05, 3.63) is 101 Å². The Morgan fingerprint density at radius 3 is 2.10 bits per heavy atom. The largest absolute Gasteiger partial charge is 0.345 e. The van der Waals surface area contributed by atoms with Crippen LogP contribution >= 0.6 is 0 Å². The van der Waals surface area contributed by atoms with E-state index >= 15 is 0 Å². The minimum absolute atomic E-state index is 0.0633. The van der Waals surface area contributed by atoms with E-state index in [0.29, 0.717) is 11.3 Å². The fourth-order valence-corrected chi connectivity index (χ4v) is 4.27. The highest BCUT2D eigenvalue weighted by molar-refractivity contribution is 7.92. The molecule has 3 aromatic carbocycles. The molecule has 0 radical (unpaired) electrons. The summed E-state index contributed by atoms with van der Waals surface area (Å²) in [5, 5.41) is 3.08. The Balaban J connectivity index is 1.72. The van der Waals surface area contributed by atoms with Crippen molar-refractivity contribution in [1.82, 2.24) is 5.32 Å². The Kier molecular flexibility index (Phi) is 7.13. The third kappa shape index (κ3) is 5.95. The SMILES string of the molecule is CC[C@H](NC(=O)c1ccc(CN(c2ccccc2)S(C)(=O)=O)cc1)c1ccc(C)cc1. The van der Waals surface area contributed by atoms with E-state index in [1.807, 2.05) is 44.2 Å². The highest BCUT2D eigenvalue weighted by Gasteiger charge is 2.18. The normalized spacial score (nSPS) is 12.2. The average molecular weight is 437 g/mol. The van der Waals surface area contributed by atoms with Gasteiger partial charge in [-0.2, -0.15) is 0 Å². The van der Waals surface area contributed by atoms with Gasteiger partial charge >= 0.3 is 0 Å². The van der Waals surface area contributed by atoms with Gasteiger partial charge in [0.1, 0.15) is 0 Å². The Labute approximate surface area is 184 Å². The smallest absolute Gasteiger partial charge is 0.251 e. The molecule has 0 fully saturated rings. The van der Waals surface area contributed by atoms with Gasteiger partial charge in [0.15, 0.2) is 0 Å². The van der Waals surface area contributed by atoms with Gasteiger partial charge in [-0.05, 0) is 48.7 Å². The molecule has 5 nitrogen and oxygen atoms in total. The van der Waals surface area contributed by atoms with Crippen LogP contribution in [0, 0.1) is 6.92 Å². The number of sulfonamides is 1. The maximum atomic E-state index is 12.8. The van der Waals surface area contributed by atoms with Gasteiger partial charge < -0.3 is 5.32 Å². The summed E-state index contributed by atoms with van der Waals surface area (Å²) in [6.45, 7) is 4.27. The van der Waals surface area contributed by atoms with Crippen LogP contribution in [0.5, 0.6) is 0 Å². The summed E-state index contributed by atoms with van der Waals surface area (Å²) >= 11 is 0. The van der Waals surface area contributed by atoms with Crippen LogP contribution in [-0.4, -0.2) is 20.6 Å². The summed E-state index contributed by atoms with van der Waals surface area (Å²) in [5.41, 5.74) is 4.20. The first-order chi connectivity index (χ1) is 14.8. The van der Waals surface area contributed by atoms with Crippen molar-refractivity contribution in [1.29, 1.82) is 0 Å². The third-order valence-electron chi connectivity index (χ3n) is 5.18. The van der Waals surface area contributed by atoms with Crippen LogP contribution < -0.4 is 9.62 Å². The molecule has 0 saturated carbocycles. The lowest BCUT2D eigenvalue weighted by molar-refractivity contribution is 0.0935. The molecular formula is C25H28N2O3S. The van der Waals surface area contributed by atoms with E-state index in [1.54, 1.807) is 48.5 Å². The molecule has 31 heavy (non-hydrogen) atoms. The molecule has 0 unspecified atom stereocenters. The minimum atomic E-state index is -3.44. The maximum Gasteiger partial charge on any atom is 0.251 e. The molecule has 0 aliphatic heterocycles. The average Bonchev–Trinajstić information content (AvgIpc) is 2.76. The number of hydrogen-bond donors (Lipinski definition) is 1. The van der Waals surface area contributed by atoms with E-state index in [9.17, 15) is 13.2 Å². The maximum absolute atomic E-state index is 12.8. The third-order valence-corrected chi connectivity index (χ3v) is 6.32. The second-order valence-electron chi connectivity index (χ2n) is 7.65. The van der Waals surface area contributed by atoms with Gasteiger partial charge in [0.05, 0.1) is 24.5 Å². The summed E-state index contributed by atoms with van der Waals surface area (Å²) in [7, 11) is -3.44. The van der Waals surface area contributed by atoms with Crippen LogP contribution in [0.25, 0.3) is 0 Å². The molecule has 1 N–H and O–H groups in total. The van der Waals surface area contributed by atoms with Crippen LogP contribution in [0.2, 0.25) is 0 Å². The lowest BCUT2D eigenvalue weighted by Crippen LogP contribution is -2.29. The van der Waals surface area contributed by atoms with Crippen molar-refractivity contribution < 1.29 is 13.2 Å². The molecule has 6 heteroatoms. The van der Waals surface area contributed by atoms with Crippen LogP contribution in [0.3, 0.4) is 0 Å². The molecule has 0 aliphatic rings. The number of para-hydroxylation sites is 1. The van der Waals surface area contributed by atoms with E-state index in [0.717, 1.165) is 17.5 Å². The molecule has 3 rings (SSSR count). The van der Waals surface area contributed by atoms with E-state index in [1.165, 1.54) is 16.1 Å². The van der Waals surface area contributed by atoms with E-state index < -0.39 is 10.0 Å². The van der Waals surface area contributed by atoms with Gasteiger partial charge in [0, 0.05) is 5.56 Å². The topological polar surface area (TPSA) is 66.5 Å². The highest BCUT2D eigenvalue weighted by atomic mass is 32.2. The van der Waals surface area contributed by atoms with Crippen molar-refractivity contribution in [2.45, 2.75) is 32.9 Å². The molecule has 162 valence electrons. The molecule has 1 amide bonds. The quantitative estimate of drug-likeness (QED) is 0.549. The molecule has 0 bridgehead atoms. The Hall–Kier alpha value is -3.12. The Morgan fingerprint density at radius 1 is 0.935 bits per heavy atom. The first-order valence-electron chi connectivity index (χ1n) is 10.3. The summed E-state index contributed by atoms with van der Waals surface area (Å²) in [6, 6.07) is 24.1. The van der Waals surface area contributed by atoms with Gasteiger partial charge in [0.25, 0.3) is 5.91 Å². The zero-order valence-electron chi connectivity index (χ0n) is 18.1. The van der Waals surface area contributed by atoms with Gasteiger partial charge in [-0.1, -0.05) is 67.1 Å². The lowest BCUT2D eigenvalue weighted by atomic mass is 10.0. The monoisotopic (exact) mass is 436 g/mol. The van der Waals surface area contributed by atoms with E-state index in [-0.39, 0.29) is 18.5 Å². The number of anilines is 1. The fourth-order valence-electron chi connectivity index (χ4n) is 3.38. The van der Waals surface area contributed by atoms with E-state index in [2.05, 4.69) is 5.32 Å². The summed E-state index contributed by atoms with van der Waals surface area (Å²) in [4.78, 5) is 12.8. The van der Waals surface area contributed by atoms with Crippen molar-refractivity contribution >= 4 is 21.6 Å². The van der Waals surface area contributed by atoms with Gasteiger partial charge in [-0.3, -0.25) is 9.10 Å². The number of carbonyl (C=O) groups is 1. The number of benzene rings is 3.